The molecule has 0 amide bonds. The van der Waals surface area contributed by atoms with Crippen LogP contribution in [0.5, 0.6) is 5.75 Å². The van der Waals surface area contributed by atoms with E-state index in [-0.39, 0.29) is 12.0 Å². The van der Waals surface area contributed by atoms with Crippen LogP contribution in [0.4, 0.5) is 0 Å². The Morgan fingerprint density at radius 2 is 2.39 bits per heavy atom. The molecule has 1 aliphatic rings. The summed E-state index contributed by atoms with van der Waals surface area (Å²) < 4.78 is 11.5. The van der Waals surface area contributed by atoms with Crippen molar-refractivity contribution in [2.75, 3.05) is 20.3 Å². The fraction of sp³-hybridized carbons (Fsp3) is 0.571. The van der Waals surface area contributed by atoms with Crippen LogP contribution in [0.3, 0.4) is 0 Å². The Morgan fingerprint density at radius 1 is 1.56 bits per heavy atom. The summed E-state index contributed by atoms with van der Waals surface area (Å²) in [6.45, 7) is 1.51. The van der Waals surface area contributed by atoms with Crippen LogP contribution in [0.2, 0.25) is 0 Å². The molecule has 4 heteroatoms. The van der Waals surface area contributed by atoms with E-state index >= 15 is 0 Å². The van der Waals surface area contributed by atoms with Gasteiger partial charge in [0.25, 0.3) is 0 Å². The zero-order valence-electron chi connectivity index (χ0n) is 10.6. The van der Waals surface area contributed by atoms with Gasteiger partial charge < -0.3 is 14.6 Å². The third-order valence-corrected chi connectivity index (χ3v) is 4.02. The van der Waals surface area contributed by atoms with E-state index in [9.17, 15) is 5.11 Å². The Morgan fingerprint density at radius 3 is 3.00 bits per heavy atom. The minimum Gasteiger partial charge on any atom is -0.496 e. The predicted octanol–water partition coefficient (Wildman–Crippen LogP) is 2.79. The molecular formula is C14H19BrO3. The first-order valence-corrected chi connectivity index (χ1v) is 7.08. The Bertz CT molecular complexity index is 389. The average Bonchev–Trinajstić information content (AvgIpc) is 2.40. The van der Waals surface area contributed by atoms with Crippen LogP contribution in [-0.2, 0) is 11.2 Å². The minimum absolute atomic E-state index is 0.264. The van der Waals surface area contributed by atoms with Gasteiger partial charge in [-0.1, -0.05) is 6.07 Å². The summed E-state index contributed by atoms with van der Waals surface area (Å²) in [4.78, 5) is 0. The largest absolute Gasteiger partial charge is 0.496 e. The number of halogens is 1. The number of hydrogen-bond acceptors (Lipinski definition) is 3. The normalized spacial score (nSPS) is 21.6. The predicted molar refractivity (Wildman–Crippen MR) is 73.9 cm³/mol. The molecule has 2 unspecified atom stereocenters. The van der Waals surface area contributed by atoms with Crippen molar-refractivity contribution in [3.63, 3.8) is 0 Å². The smallest absolute Gasteiger partial charge is 0.133 e. The molecule has 0 aromatic heterocycles. The number of methoxy groups -OCH3 is 1. The van der Waals surface area contributed by atoms with Gasteiger partial charge in [-0.2, -0.15) is 0 Å². The first-order chi connectivity index (χ1) is 8.70. The zero-order valence-corrected chi connectivity index (χ0v) is 12.1. The van der Waals surface area contributed by atoms with Crippen LogP contribution in [0, 0.1) is 5.92 Å². The molecule has 0 spiro atoms. The summed E-state index contributed by atoms with van der Waals surface area (Å²) in [7, 11) is 1.65. The van der Waals surface area contributed by atoms with E-state index in [0.29, 0.717) is 13.0 Å². The number of ether oxygens (including phenoxy) is 2. The molecule has 0 bridgehead atoms. The van der Waals surface area contributed by atoms with Gasteiger partial charge in [-0.15, -0.1) is 0 Å². The van der Waals surface area contributed by atoms with Crippen molar-refractivity contribution in [3.05, 3.63) is 28.2 Å². The molecule has 1 aromatic rings. The summed E-state index contributed by atoms with van der Waals surface area (Å²) in [6, 6.07) is 5.92. The first-order valence-electron chi connectivity index (χ1n) is 6.29. The molecule has 1 aliphatic heterocycles. The van der Waals surface area contributed by atoms with Crippen molar-refractivity contribution in [1.29, 1.82) is 0 Å². The van der Waals surface area contributed by atoms with Crippen LogP contribution in [0.15, 0.2) is 22.7 Å². The number of aliphatic hydroxyl groups is 1. The molecule has 2 rings (SSSR count). The lowest BCUT2D eigenvalue weighted by Crippen LogP contribution is -2.30. The third-order valence-electron chi connectivity index (χ3n) is 3.40. The maximum absolute atomic E-state index is 10.2. The van der Waals surface area contributed by atoms with E-state index in [4.69, 9.17) is 9.47 Å². The summed E-state index contributed by atoms with van der Waals surface area (Å²) in [5, 5.41) is 10.2. The molecule has 1 saturated heterocycles. The van der Waals surface area contributed by atoms with E-state index < -0.39 is 0 Å². The first kappa shape index (κ1) is 13.8. The molecule has 1 fully saturated rings. The molecule has 0 saturated carbocycles. The second kappa shape index (κ2) is 6.55. The highest BCUT2D eigenvalue weighted by atomic mass is 79.9. The van der Waals surface area contributed by atoms with Gasteiger partial charge >= 0.3 is 0 Å². The molecule has 1 aromatic carbocycles. The van der Waals surface area contributed by atoms with Crippen LogP contribution < -0.4 is 4.74 Å². The molecule has 0 radical (unpaired) electrons. The van der Waals surface area contributed by atoms with Crippen LogP contribution in [-0.4, -0.2) is 31.5 Å². The summed E-state index contributed by atoms with van der Waals surface area (Å²) >= 11 is 3.46. The number of benzene rings is 1. The second-order valence-electron chi connectivity index (χ2n) is 4.72. The molecule has 1 N–H and O–H groups in total. The highest BCUT2D eigenvalue weighted by Crippen LogP contribution is 2.27. The SMILES string of the molecule is COc1ccc(CC(O)C2CCCOC2)cc1Br. The van der Waals surface area contributed by atoms with Crippen molar-refractivity contribution >= 4 is 15.9 Å². The Labute approximate surface area is 116 Å². The molecule has 1 heterocycles. The summed E-state index contributed by atoms with van der Waals surface area (Å²) in [5.74, 6) is 1.08. The van der Waals surface area contributed by atoms with E-state index in [1.165, 1.54) is 0 Å². The maximum Gasteiger partial charge on any atom is 0.133 e. The van der Waals surface area contributed by atoms with Crippen molar-refractivity contribution in [3.8, 4) is 5.75 Å². The van der Waals surface area contributed by atoms with Gasteiger partial charge in [0.2, 0.25) is 0 Å². The van der Waals surface area contributed by atoms with Gasteiger partial charge in [-0.05, 0) is 52.9 Å². The van der Waals surface area contributed by atoms with E-state index in [1.807, 2.05) is 18.2 Å². The summed E-state index contributed by atoms with van der Waals surface area (Å²) in [6.07, 6.45) is 2.44. The van der Waals surface area contributed by atoms with Crippen molar-refractivity contribution in [2.45, 2.75) is 25.4 Å². The van der Waals surface area contributed by atoms with Crippen LogP contribution >= 0.6 is 15.9 Å². The monoisotopic (exact) mass is 314 g/mol. The highest BCUT2D eigenvalue weighted by Gasteiger charge is 2.22. The van der Waals surface area contributed by atoms with Gasteiger partial charge in [-0.25, -0.2) is 0 Å². The second-order valence-corrected chi connectivity index (χ2v) is 5.57. The molecular weight excluding hydrogens is 296 g/mol. The Hall–Kier alpha value is -0.580. The zero-order chi connectivity index (χ0) is 13.0. The maximum atomic E-state index is 10.2. The topological polar surface area (TPSA) is 38.7 Å². The Balaban J connectivity index is 1.97. The van der Waals surface area contributed by atoms with E-state index in [1.54, 1.807) is 7.11 Å². The van der Waals surface area contributed by atoms with Crippen molar-refractivity contribution in [2.24, 2.45) is 5.92 Å². The molecule has 0 aliphatic carbocycles. The standard InChI is InChI=1S/C14H19BrO3/c1-17-14-5-4-10(7-12(14)15)8-13(16)11-3-2-6-18-9-11/h4-5,7,11,13,16H,2-3,6,8-9H2,1H3. The van der Waals surface area contributed by atoms with E-state index in [2.05, 4.69) is 15.9 Å². The Kier molecular flexibility index (Phi) is 5.03. The fourth-order valence-corrected chi connectivity index (χ4v) is 2.90. The van der Waals surface area contributed by atoms with Gasteiger partial charge in [0.05, 0.1) is 24.3 Å². The van der Waals surface area contributed by atoms with Crippen molar-refractivity contribution in [1.82, 2.24) is 0 Å². The van der Waals surface area contributed by atoms with Gasteiger partial charge in [0.1, 0.15) is 5.75 Å². The quantitative estimate of drug-likeness (QED) is 0.928. The molecule has 2 atom stereocenters. The lowest BCUT2D eigenvalue weighted by atomic mass is 9.91. The highest BCUT2D eigenvalue weighted by molar-refractivity contribution is 9.10. The van der Waals surface area contributed by atoms with Crippen LogP contribution in [0.1, 0.15) is 18.4 Å². The van der Waals surface area contributed by atoms with Crippen LogP contribution in [0.25, 0.3) is 0 Å². The average molecular weight is 315 g/mol. The molecule has 18 heavy (non-hydrogen) atoms. The van der Waals surface area contributed by atoms with Gasteiger partial charge in [0.15, 0.2) is 0 Å². The molecule has 3 nitrogen and oxygen atoms in total. The number of rotatable bonds is 4. The minimum atomic E-state index is -0.328. The van der Waals surface area contributed by atoms with E-state index in [0.717, 1.165) is 35.2 Å². The lowest BCUT2D eigenvalue weighted by molar-refractivity contribution is -0.00847. The lowest BCUT2D eigenvalue weighted by Gasteiger charge is -2.26. The fourth-order valence-electron chi connectivity index (χ4n) is 2.31. The van der Waals surface area contributed by atoms with Gasteiger partial charge in [-0.3, -0.25) is 0 Å². The number of aliphatic hydroxyl groups excluding tert-OH is 1. The third kappa shape index (κ3) is 3.46. The van der Waals surface area contributed by atoms with Gasteiger partial charge in [0, 0.05) is 12.5 Å². The van der Waals surface area contributed by atoms with Crippen molar-refractivity contribution < 1.29 is 14.6 Å². The molecule has 100 valence electrons. The summed E-state index contributed by atoms with van der Waals surface area (Å²) in [5.41, 5.74) is 1.11. The number of hydrogen-bond donors (Lipinski definition) is 1.